The lowest BCUT2D eigenvalue weighted by atomic mass is 10.1. The summed E-state index contributed by atoms with van der Waals surface area (Å²) < 4.78 is 52.6. The van der Waals surface area contributed by atoms with Crippen molar-refractivity contribution in [2.45, 2.75) is 22.8 Å². The van der Waals surface area contributed by atoms with E-state index >= 15 is 0 Å². The maximum absolute atomic E-state index is 12.6. The van der Waals surface area contributed by atoms with Gasteiger partial charge in [0, 0.05) is 30.4 Å². The molecule has 0 bridgehead atoms. The van der Waals surface area contributed by atoms with Crippen molar-refractivity contribution in [3.05, 3.63) is 72.8 Å². The molecule has 3 aromatic rings. The molecule has 1 heterocycles. The van der Waals surface area contributed by atoms with Crippen LogP contribution in [0.15, 0.2) is 77.0 Å². The third-order valence-electron chi connectivity index (χ3n) is 4.09. The molecule has 0 saturated carbocycles. The molecule has 7 nitrogen and oxygen atoms in total. The molecule has 0 aliphatic heterocycles. The van der Waals surface area contributed by atoms with Gasteiger partial charge in [0.2, 0.25) is 10.0 Å². The average Bonchev–Trinajstić information content (AvgIpc) is 3.15. The molecule has 142 valence electrons. The zero-order chi connectivity index (χ0) is 19.7. The maximum Gasteiger partial charge on any atom is 0.241 e. The van der Waals surface area contributed by atoms with Gasteiger partial charge in [0.15, 0.2) is 9.84 Å². The Balaban J connectivity index is 1.77. The Bertz CT molecular complexity index is 1120. The Morgan fingerprint density at radius 1 is 0.926 bits per heavy atom. The highest BCUT2D eigenvalue weighted by molar-refractivity contribution is 7.90. The number of imidazole rings is 1. The summed E-state index contributed by atoms with van der Waals surface area (Å²) in [6, 6.07) is 12.1. The molecule has 0 radical (unpaired) electrons. The summed E-state index contributed by atoms with van der Waals surface area (Å²) in [5.41, 5.74) is 1.72. The Hall–Kier alpha value is -2.49. The van der Waals surface area contributed by atoms with Gasteiger partial charge in [0.25, 0.3) is 0 Å². The summed E-state index contributed by atoms with van der Waals surface area (Å²) in [6.07, 6.45) is 6.26. The molecule has 3 rings (SSSR count). The quantitative estimate of drug-likeness (QED) is 0.679. The molecule has 0 spiro atoms. The number of sulfone groups is 1. The van der Waals surface area contributed by atoms with E-state index in [0.29, 0.717) is 0 Å². The van der Waals surface area contributed by atoms with Crippen LogP contribution in [0.1, 0.15) is 18.5 Å². The van der Waals surface area contributed by atoms with Gasteiger partial charge < -0.3 is 4.57 Å². The molecular weight excluding hydrogens is 386 g/mol. The molecule has 9 heteroatoms. The fourth-order valence-corrected chi connectivity index (χ4v) is 4.44. The summed E-state index contributed by atoms with van der Waals surface area (Å²) >= 11 is 0. The van der Waals surface area contributed by atoms with Gasteiger partial charge in [0.1, 0.15) is 0 Å². The molecule has 2 aromatic carbocycles. The van der Waals surface area contributed by atoms with Crippen LogP contribution in [0.2, 0.25) is 0 Å². The van der Waals surface area contributed by atoms with Crippen molar-refractivity contribution in [2.24, 2.45) is 0 Å². The van der Waals surface area contributed by atoms with Crippen molar-refractivity contribution in [3.8, 4) is 5.69 Å². The second kappa shape index (κ2) is 7.26. The van der Waals surface area contributed by atoms with Crippen molar-refractivity contribution in [3.63, 3.8) is 0 Å². The van der Waals surface area contributed by atoms with E-state index in [-0.39, 0.29) is 9.79 Å². The highest BCUT2D eigenvalue weighted by Crippen LogP contribution is 2.20. The molecular formula is C18H19N3O4S2. The Labute approximate surface area is 158 Å². The molecule has 0 aliphatic carbocycles. The predicted octanol–water partition coefficient (Wildman–Crippen LogP) is 2.32. The molecule has 0 fully saturated rings. The van der Waals surface area contributed by atoms with Gasteiger partial charge in [0.05, 0.1) is 16.1 Å². The Kier molecular flexibility index (Phi) is 5.18. The van der Waals surface area contributed by atoms with E-state index in [1.807, 2.05) is 35.0 Å². The predicted molar refractivity (Wildman–Crippen MR) is 102 cm³/mol. The van der Waals surface area contributed by atoms with Crippen LogP contribution in [0.5, 0.6) is 0 Å². The first-order valence-corrected chi connectivity index (χ1v) is 11.4. The molecule has 27 heavy (non-hydrogen) atoms. The minimum Gasteiger partial charge on any atom is -0.306 e. The molecule has 1 atom stereocenters. The highest BCUT2D eigenvalue weighted by atomic mass is 32.2. The monoisotopic (exact) mass is 405 g/mol. The van der Waals surface area contributed by atoms with E-state index < -0.39 is 25.9 Å². The normalized spacial score (nSPS) is 13.4. The van der Waals surface area contributed by atoms with Gasteiger partial charge in [-0.15, -0.1) is 0 Å². The topological polar surface area (TPSA) is 98.1 Å². The largest absolute Gasteiger partial charge is 0.306 e. The first kappa shape index (κ1) is 19.3. The molecule has 1 aromatic heterocycles. The van der Waals surface area contributed by atoms with E-state index in [1.165, 1.54) is 24.3 Å². The number of benzene rings is 2. The van der Waals surface area contributed by atoms with E-state index in [1.54, 1.807) is 19.4 Å². The number of aromatic nitrogens is 2. The van der Waals surface area contributed by atoms with Gasteiger partial charge in [-0.25, -0.2) is 26.5 Å². The number of nitrogens with zero attached hydrogens (tertiary/aromatic N) is 2. The van der Waals surface area contributed by atoms with Crippen molar-refractivity contribution in [2.75, 3.05) is 6.26 Å². The maximum atomic E-state index is 12.6. The van der Waals surface area contributed by atoms with Crippen LogP contribution in [0, 0.1) is 0 Å². The fraction of sp³-hybridized carbons (Fsp3) is 0.167. The van der Waals surface area contributed by atoms with Crippen LogP contribution < -0.4 is 4.72 Å². The standard InChI is InChI=1S/C18H19N3O4S2/c1-14(15-3-5-16(6-4-15)21-12-11-19-13-21)20-27(24,25)18-9-7-17(8-10-18)26(2,22)23/h3-14,20H,1-2H3. The van der Waals surface area contributed by atoms with Crippen molar-refractivity contribution >= 4 is 19.9 Å². The summed E-state index contributed by atoms with van der Waals surface area (Å²) in [7, 11) is -7.16. The van der Waals surface area contributed by atoms with E-state index in [4.69, 9.17) is 0 Å². The molecule has 1 N–H and O–H groups in total. The van der Waals surface area contributed by atoms with Gasteiger partial charge in [-0.2, -0.15) is 0 Å². The van der Waals surface area contributed by atoms with Crippen LogP contribution in [-0.4, -0.2) is 32.6 Å². The first-order chi connectivity index (χ1) is 12.7. The van der Waals surface area contributed by atoms with Crippen LogP contribution in [-0.2, 0) is 19.9 Å². The number of sulfonamides is 1. The fourth-order valence-electron chi connectivity index (χ4n) is 2.58. The summed E-state index contributed by atoms with van der Waals surface area (Å²) in [5, 5.41) is 0. The van der Waals surface area contributed by atoms with E-state index in [0.717, 1.165) is 17.5 Å². The Morgan fingerprint density at radius 2 is 1.52 bits per heavy atom. The average molecular weight is 406 g/mol. The summed E-state index contributed by atoms with van der Waals surface area (Å²) in [4.78, 5) is 4.08. The lowest BCUT2D eigenvalue weighted by Crippen LogP contribution is -2.26. The van der Waals surface area contributed by atoms with Crippen LogP contribution >= 0.6 is 0 Å². The number of rotatable bonds is 6. The second-order valence-corrected chi connectivity index (χ2v) is 9.88. The SMILES string of the molecule is CC(NS(=O)(=O)c1ccc(S(C)(=O)=O)cc1)c1ccc(-n2ccnc2)cc1. The van der Waals surface area contributed by atoms with Crippen molar-refractivity contribution < 1.29 is 16.8 Å². The van der Waals surface area contributed by atoms with Gasteiger partial charge in [-0.3, -0.25) is 0 Å². The zero-order valence-electron chi connectivity index (χ0n) is 14.8. The molecule has 0 amide bonds. The highest BCUT2D eigenvalue weighted by Gasteiger charge is 2.19. The van der Waals surface area contributed by atoms with Crippen molar-refractivity contribution in [1.82, 2.24) is 14.3 Å². The van der Waals surface area contributed by atoms with E-state index in [9.17, 15) is 16.8 Å². The Morgan fingerprint density at radius 3 is 2.04 bits per heavy atom. The van der Waals surface area contributed by atoms with E-state index in [2.05, 4.69) is 9.71 Å². The van der Waals surface area contributed by atoms with Crippen LogP contribution in [0.4, 0.5) is 0 Å². The third-order valence-corrected chi connectivity index (χ3v) is 6.77. The lowest BCUT2D eigenvalue weighted by molar-refractivity contribution is 0.566. The molecule has 0 saturated heterocycles. The van der Waals surface area contributed by atoms with Gasteiger partial charge >= 0.3 is 0 Å². The molecule has 0 aliphatic rings. The number of hydrogen-bond donors (Lipinski definition) is 1. The van der Waals surface area contributed by atoms with Crippen LogP contribution in [0.25, 0.3) is 5.69 Å². The minimum atomic E-state index is -3.78. The number of nitrogens with one attached hydrogen (secondary N) is 1. The second-order valence-electron chi connectivity index (χ2n) is 6.15. The van der Waals surface area contributed by atoms with Gasteiger partial charge in [-0.05, 0) is 48.9 Å². The molecule has 1 unspecified atom stereocenters. The number of hydrogen-bond acceptors (Lipinski definition) is 5. The first-order valence-electron chi connectivity index (χ1n) is 8.07. The summed E-state index contributed by atoms with van der Waals surface area (Å²) in [6.45, 7) is 1.74. The lowest BCUT2D eigenvalue weighted by Gasteiger charge is -2.15. The van der Waals surface area contributed by atoms with Gasteiger partial charge in [-0.1, -0.05) is 12.1 Å². The third kappa shape index (κ3) is 4.44. The smallest absolute Gasteiger partial charge is 0.241 e. The summed E-state index contributed by atoms with van der Waals surface area (Å²) in [5.74, 6) is 0. The zero-order valence-corrected chi connectivity index (χ0v) is 16.4. The van der Waals surface area contributed by atoms with Crippen molar-refractivity contribution in [1.29, 1.82) is 0 Å². The minimum absolute atomic E-state index is 0.0109. The van der Waals surface area contributed by atoms with Crippen LogP contribution in [0.3, 0.4) is 0 Å².